The molecule has 0 spiro atoms. The van der Waals surface area contributed by atoms with E-state index >= 15 is 0 Å². The second-order valence-electron chi connectivity index (χ2n) is 5.11. The van der Waals surface area contributed by atoms with Gasteiger partial charge < -0.3 is 10.1 Å². The van der Waals surface area contributed by atoms with Crippen molar-refractivity contribution in [2.75, 3.05) is 44.7 Å². The lowest BCUT2D eigenvalue weighted by molar-refractivity contribution is 0.0378. The minimum absolute atomic E-state index is 0.710. The molecule has 1 aliphatic heterocycles. The average Bonchev–Trinajstić information content (AvgIpc) is 2.89. The lowest BCUT2D eigenvalue weighted by atomic mass is 10.3. The van der Waals surface area contributed by atoms with Gasteiger partial charge in [-0.15, -0.1) is 5.10 Å². The number of anilines is 1. The predicted molar refractivity (Wildman–Crippen MR) is 78.1 cm³/mol. The molecule has 2 aromatic heterocycles. The summed E-state index contributed by atoms with van der Waals surface area (Å²) in [6.07, 6.45) is 1.09. The van der Waals surface area contributed by atoms with Crippen molar-refractivity contribution in [3.63, 3.8) is 0 Å². The van der Waals surface area contributed by atoms with Gasteiger partial charge in [-0.3, -0.25) is 4.90 Å². The van der Waals surface area contributed by atoms with E-state index in [0.29, 0.717) is 5.95 Å². The minimum atomic E-state index is 0.710. The molecule has 0 saturated carbocycles. The molecule has 3 rings (SSSR count). The van der Waals surface area contributed by atoms with Gasteiger partial charge in [-0.25, -0.2) is 4.52 Å². The Morgan fingerprint density at radius 3 is 2.95 bits per heavy atom. The number of aromatic nitrogens is 3. The van der Waals surface area contributed by atoms with Crippen molar-refractivity contribution in [1.29, 1.82) is 0 Å². The monoisotopic (exact) mass is 275 g/mol. The molecular weight excluding hydrogens is 254 g/mol. The zero-order valence-corrected chi connectivity index (χ0v) is 11.9. The van der Waals surface area contributed by atoms with Crippen LogP contribution in [0.15, 0.2) is 18.2 Å². The number of nitrogens with one attached hydrogen (secondary N) is 1. The van der Waals surface area contributed by atoms with Gasteiger partial charge in [0.2, 0.25) is 5.95 Å². The molecule has 2 aromatic rings. The van der Waals surface area contributed by atoms with Crippen molar-refractivity contribution in [2.24, 2.45) is 0 Å². The van der Waals surface area contributed by atoms with Crippen molar-refractivity contribution in [1.82, 2.24) is 19.5 Å². The molecule has 3 heterocycles. The fourth-order valence-electron chi connectivity index (χ4n) is 2.44. The van der Waals surface area contributed by atoms with Crippen molar-refractivity contribution in [3.05, 3.63) is 23.9 Å². The maximum Gasteiger partial charge on any atom is 0.243 e. The Bertz CT molecular complexity index is 562. The first kappa shape index (κ1) is 13.3. The molecular formula is C14H21N5O. The topological polar surface area (TPSA) is 54.7 Å². The highest BCUT2D eigenvalue weighted by atomic mass is 16.5. The summed E-state index contributed by atoms with van der Waals surface area (Å²) in [6, 6.07) is 6.00. The normalized spacial score (nSPS) is 16.6. The first-order chi connectivity index (χ1) is 9.83. The number of hydrogen-bond donors (Lipinski definition) is 1. The highest BCUT2D eigenvalue weighted by molar-refractivity contribution is 5.44. The van der Waals surface area contributed by atoms with Crippen LogP contribution in [0.25, 0.3) is 5.65 Å². The van der Waals surface area contributed by atoms with E-state index in [1.54, 1.807) is 0 Å². The Labute approximate surface area is 118 Å². The van der Waals surface area contributed by atoms with Crippen LogP contribution in [0, 0.1) is 6.92 Å². The summed E-state index contributed by atoms with van der Waals surface area (Å²) in [4.78, 5) is 6.90. The van der Waals surface area contributed by atoms with Crippen LogP contribution >= 0.6 is 0 Å². The molecule has 0 bridgehead atoms. The molecule has 0 atom stereocenters. The molecule has 1 saturated heterocycles. The highest BCUT2D eigenvalue weighted by Crippen LogP contribution is 2.08. The third kappa shape index (κ3) is 3.08. The van der Waals surface area contributed by atoms with Crippen LogP contribution in [0.2, 0.25) is 0 Å². The average molecular weight is 275 g/mol. The number of morpholine rings is 1. The summed E-state index contributed by atoms with van der Waals surface area (Å²) in [5.74, 6) is 0.710. The van der Waals surface area contributed by atoms with E-state index < -0.39 is 0 Å². The lowest BCUT2D eigenvalue weighted by Gasteiger charge is -2.26. The van der Waals surface area contributed by atoms with Gasteiger partial charge in [0.05, 0.1) is 13.2 Å². The van der Waals surface area contributed by atoms with E-state index in [1.807, 2.05) is 29.6 Å². The smallest absolute Gasteiger partial charge is 0.243 e. The maximum atomic E-state index is 5.34. The number of ether oxygens (including phenoxy) is 1. The molecule has 6 heteroatoms. The predicted octanol–water partition coefficient (Wildman–Crippen LogP) is 1.17. The minimum Gasteiger partial charge on any atom is -0.379 e. The molecule has 1 aliphatic rings. The maximum absolute atomic E-state index is 5.34. The molecule has 20 heavy (non-hydrogen) atoms. The van der Waals surface area contributed by atoms with E-state index in [4.69, 9.17) is 4.74 Å². The van der Waals surface area contributed by atoms with E-state index in [2.05, 4.69) is 20.3 Å². The number of hydrogen-bond acceptors (Lipinski definition) is 5. The van der Waals surface area contributed by atoms with Crippen molar-refractivity contribution in [3.8, 4) is 0 Å². The fourth-order valence-corrected chi connectivity index (χ4v) is 2.44. The van der Waals surface area contributed by atoms with E-state index in [-0.39, 0.29) is 0 Å². The molecule has 0 aromatic carbocycles. The second-order valence-corrected chi connectivity index (χ2v) is 5.11. The Morgan fingerprint density at radius 1 is 1.30 bits per heavy atom. The van der Waals surface area contributed by atoms with Gasteiger partial charge in [-0.05, 0) is 32.0 Å². The number of nitrogens with zero attached hydrogens (tertiary/aromatic N) is 4. The summed E-state index contributed by atoms with van der Waals surface area (Å²) in [6.45, 7) is 7.85. The van der Waals surface area contributed by atoms with Gasteiger partial charge in [-0.2, -0.15) is 4.98 Å². The number of rotatable bonds is 5. The lowest BCUT2D eigenvalue weighted by Crippen LogP contribution is -2.37. The van der Waals surface area contributed by atoms with Crippen molar-refractivity contribution in [2.45, 2.75) is 13.3 Å². The third-order valence-corrected chi connectivity index (χ3v) is 3.59. The first-order valence-electron chi connectivity index (χ1n) is 7.19. The van der Waals surface area contributed by atoms with Crippen LogP contribution in [-0.4, -0.2) is 58.9 Å². The van der Waals surface area contributed by atoms with Gasteiger partial charge in [0, 0.05) is 25.3 Å². The second kappa shape index (κ2) is 6.19. The standard InChI is InChI=1S/C14H21N5O/c1-12-4-2-5-13-16-14(17-19(12)13)15-6-3-7-18-8-10-20-11-9-18/h2,4-5H,3,6-11H2,1H3,(H,15,17). The van der Waals surface area contributed by atoms with Crippen LogP contribution in [0.4, 0.5) is 5.95 Å². The third-order valence-electron chi connectivity index (χ3n) is 3.59. The molecule has 0 aliphatic carbocycles. The van der Waals surface area contributed by atoms with Crippen LogP contribution < -0.4 is 5.32 Å². The van der Waals surface area contributed by atoms with E-state index in [1.165, 1.54) is 0 Å². The molecule has 108 valence electrons. The van der Waals surface area contributed by atoms with E-state index in [0.717, 1.165) is 57.2 Å². The summed E-state index contributed by atoms with van der Waals surface area (Å²) in [7, 11) is 0. The zero-order valence-electron chi connectivity index (χ0n) is 11.9. The summed E-state index contributed by atoms with van der Waals surface area (Å²) in [5, 5.41) is 7.76. The van der Waals surface area contributed by atoms with E-state index in [9.17, 15) is 0 Å². The van der Waals surface area contributed by atoms with Gasteiger partial charge in [0.15, 0.2) is 5.65 Å². The Hall–Kier alpha value is -1.66. The van der Waals surface area contributed by atoms with Gasteiger partial charge in [0.1, 0.15) is 0 Å². The van der Waals surface area contributed by atoms with Crippen molar-refractivity contribution >= 4 is 11.6 Å². The van der Waals surface area contributed by atoms with Crippen LogP contribution in [0.5, 0.6) is 0 Å². The largest absolute Gasteiger partial charge is 0.379 e. The summed E-state index contributed by atoms with van der Waals surface area (Å²) in [5.41, 5.74) is 1.98. The first-order valence-corrected chi connectivity index (χ1v) is 7.19. The summed E-state index contributed by atoms with van der Waals surface area (Å²) >= 11 is 0. The van der Waals surface area contributed by atoms with Crippen molar-refractivity contribution < 1.29 is 4.74 Å². The SMILES string of the molecule is Cc1cccc2nc(NCCCN3CCOCC3)nn12. The van der Waals surface area contributed by atoms with Gasteiger partial charge in [-0.1, -0.05) is 6.07 Å². The number of aryl methyl sites for hydroxylation is 1. The van der Waals surface area contributed by atoms with Crippen LogP contribution in [0.3, 0.4) is 0 Å². The Kier molecular flexibility index (Phi) is 4.13. The number of fused-ring (bicyclic) bond motifs is 1. The quantitative estimate of drug-likeness (QED) is 0.830. The molecule has 1 fully saturated rings. The molecule has 0 unspecified atom stereocenters. The fraction of sp³-hybridized carbons (Fsp3) is 0.571. The van der Waals surface area contributed by atoms with Gasteiger partial charge >= 0.3 is 0 Å². The number of pyridine rings is 1. The van der Waals surface area contributed by atoms with Gasteiger partial charge in [0.25, 0.3) is 0 Å². The molecule has 1 N–H and O–H groups in total. The Morgan fingerprint density at radius 2 is 2.15 bits per heavy atom. The Balaban J connectivity index is 1.48. The summed E-state index contributed by atoms with van der Waals surface area (Å²) < 4.78 is 7.21. The van der Waals surface area contributed by atoms with Crippen LogP contribution in [-0.2, 0) is 4.74 Å². The molecule has 0 amide bonds. The molecule has 0 radical (unpaired) electrons. The van der Waals surface area contributed by atoms with Crippen LogP contribution in [0.1, 0.15) is 12.1 Å². The molecule has 6 nitrogen and oxygen atoms in total. The highest BCUT2D eigenvalue weighted by Gasteiger charge is 2.09. The zero-order chi connectivity index (χ0) is 13.8.